The summed E-state index contributed by atoms with van der Waals surface area (Å²) in [5.74, 6) is 0.205. The largest absolute Gasteiger partial charge is 0.494 e. The molecule has 28 heavy (non-hydrogen) atoms. The van der Waals surface area contributed by atoms with Gasteiger partial charge in [0.05, 0.1) is 16.1 Å². The second kappa shape index (κ2) is 7.25. The first-order valence-electron chi connectivity index (χ1n) is 8.76. The molecule has 1 fully saturated rings. The van der Waals surface area contributed by atoms with Crippen molar-refractivity contribution in [3.63, 3.8) is 0 Å². The second-order valence-corrected chi connectivity index (χ2v) is 7.48. The maximum atomic E-state index is 12.0. The zero-order valence-corrected chi connectivity index (χ0v) is 16.1. The molecule has 0 radical (unpaired) electrons. The van der Waals surface area contributed by atoms with E-state index in [4.69, 9.17) is 14.0 Å². The predicted molar refractivity (Wildman–Crippen MR) is 105 cm³/mol. The van der Waals surface area contributed by atoms with Crippen molar-refractivity contribution in [2.45, 2.75) is 38.9 Å². The standard InChI is InChI=1S/C19H21BN2O6/c1-18(2)19(3,4)28-20(27-18)13-5-7-14(8-6-13)21-17(23)26-16-11-9-15(10-12-16)22(24)25/h5-12H,1-4H3,(H,21,23). The predicted octanol–water partition coefficient (Wildman–Crippen LogP) is 3.50. The van der Waals surface area contributed by atoms with Gasteiger partial charge in [0, 0.05) is 17.8 Å². The molecular weight excluding hydrogens is 363 g/mol. The van der Waals surface area contributed by atoms with E-state index in [9.17, 15) is 14.9 Å². The van der Waals surface area contributed by atoms with Crippen LogP contribution in [0.4, 0.5) is 16.2 Å². The molecule has 1 heterocycles. The van der Waals surface area contributed by atoms with E-state index >= 15 is 0 Å². The zero-order valence-electron chi connectivity index (χ0n) is 16.1. The molecule has 0 bridgehead atoms. The highest BCUT2D eigenvalue weighted by atomic mass is 16.7. The van der Waals surface area contributed by atoms with Crippen LogP contribution in [0.3, 0.4) is 0 Å². The molecule has 0 aromatic heterocycles. The van der Waals surface area contributed by atoms with E-state index in [1.54, 1.807) is 12.1 Å². The summed E-state index contributed by atoms with van der Waals surface area (Å²) in [6, 6.07) is 12.3. The van der Waals surface area contributed by atoms with Gasteiger partial charge in [0.15, 0.2) is 0 Å². The lowest BCUT2D eigenvalue weighted by Crippen LogP contribution is -2.41. The highest BCUT2D eigenvalue weighted by Gasteiger charge is 2.51. The molecule has 0 saturated carbocycles. The fraction of sp³-hybridized carbons (Fsp3) is 0.316. The summed E-state index contributed by atoms with van der Waals surface area (Å²) in [4.78, 5) is 22.1. The molecule has 146 valence electrons. The highest BCUT2D eigenvalue weighted by molar-refractivity contribution is 6.62. The van der Waals surface area contributed by atoms with Crippen LogP contribution in [0.15, 0.2) is 48.5 Å². The SMILES string of the molecule is CC1(C)OB(c2ccc(NC(=O)Oc3ccc([N+](=O)[O-])cc3)cc2)OC1(C)C. The third-order valence-corrected chi connectivity index (χ3v) is 4.94. The van der Waals surface area contributed by atoms with Crippen molar-refractivity contribution in [2.75, 3.05) is 5.32 Å². The van der Waals surface area contributed by atoms with Crippen LogP contribution in [0.1, 0.15) is 27.7 Å². The Morgan fingerprint density at radius 3 is 2.04 bits per heavy atom. The summed E-state index contributed by atoms with van der Waals surface area (Å²) in [5.41, 5.74) is 0.443. The van der Waals surface area contributed by atoms with Crippen LogP contribution in [0.2, 0.25) is 0 Å². The number of benzene rings is 2. The Morgan fingerprint density at radius 1 is 1.00 bits per heavy atom. The van der Waals surface area contributed by atoms with Gasteiger partial charge >= 0.3 is 13.2 Å². The van der Waals surface area contributed by atoms with Gasteiger partial charge in [0.1, 0.15) is 5.75 Å². The average Bonchev–Trinajstić information content (AvgIpc) is 2.83. The quantitative estimate of drug-likeness (QED) is 0.492. The maximum absolute atomic E-state index is 12.0. The van der Waals surface area contributed by atoms with E-state index in [2.05, 4.69) is 5.32 Å². The van der Waals surface area contributed by atoms with Gasteiger partial charge in [0.2, 0.25) is 0 Å². The van der Waals surface area contributed by atoms with E-state index in [1.807, 2.05) is 39.8 Å². The van der Waals surface area contributed by atoms with Crippen molar-refractivity contribution >= 4 is 30.0 Å². The molecule has 1 aliphatic rings. The normalized spacial score (nSPS) is 17.2. The Balaban J connectivity index is 1.60. The van der Waals surface area contributed by atoms with Gasteiger partial charge in [-0.1, -0.05) is 12.1 Å². The molecule has 1 N–H and O–H groups in total. The smallest absolute Gasteiger partial charge is 0.410 e. The van der Waals surface area contributed by atoms with Gasteiger partial charge in [-0.25, -0.2) is 4.79 Å². The number of amides is 1. The molecule has 0 spiro atoms. The maximum Gasteiger partial charge on any atom is 0.494 e. The Bertz CT molecular complexity index is 864. The summed E-state index contributed by atoms with van der Waals surface area (Å²) < 4.78 is 17.1. The Labute approximate surface area is 163 Å². The third kappa shape index (κ3) is 4.15. The molecule has 0 atom stereocenters. The number of hydrogen-bond donors (Lipinski definition) is 1. The van der Waals surface area contributed by atoms with E-state index < -0.39 is 29.3 Å². The fourth-order valence-corrected chi connectivity index (χ4v) is 2.59. The Hall–Kier alpha value is -2.91. The minimum Gasteiger partial charge on any atom is -0.410 e. The van der Waals surface area contributed by atoms with Crippen molar-refractivity contribution < 1.29 is 23.8 Å². The number of hydrogen-bond acceptors (Lipinski definition) is 6. The number of nitrogens with one attached hydrogen (secondary N) is 1. The van der Waals surface area contributed by atoms with E-state index in [-0.39, 0.29) is 11.4 Å². The lowest BCUT2D eigenvalue weighted by atomic mass is 9.79. The molecule has 8 nitrogen and oxygen atoms in total. The van der Waals surface area contributed by atoms with Crippen LogP contribution in [-0.2, 0) is 9.31 Å². The van der Waals surface area contributed by atoms with Crippen molar-refractivity contribution in [1.82, 2.24) is 0 Å². The highest BCUT2D eigenvalue weighted by Crippen LogP contribution is 2.36. The lowest BCUT2D eigenvalue weighted by molar-refractivity contribution is -0.384. The van der Waals surface area contributed by atoms with Gasteiger partial charge < -0.3 is 14.0 Å². The van der Waals surface area contributed by atoms with Crippen LogP contribution in [0.5, 0.6) is 5.75 Å². The van der Waals surface area contributed by atoms with Gasteiger partial charge in [-0.15, -0.1) is 0 Å². The van der Waals surface area contributed by atoms with Crippen LogP contribution >= 0.6 is 0 Å². The van der Waals surface area contributed by atoms with Crippen molar-refractivity contribution in [3.8, 4) is 5.75 Å². The van der Waals surface area contributed by atoms with Crippen molar-refractivity contribution in [2.24, 2.45) is 0 Å². The van der Waals surface area contributed by atoms with E-state index in [0.717, 1.165) is 5.46 Å². The number of nitro benzene ring substituents is 1. The van der Waals surface area contributed by atoms with Crippen LogP contribution in [-0.4, -0.2) is 29.3 Å². The minimum atomic E-state index is -0.697. The number of ether oxygens (including phenoxy) is 1. The molecule has 2 aromatic carbocycles. The van der Waals surface area contributed by atoms with Crippen LogP contribution < -0.4 is 15.5 Å². The Kier molecular flexibility index (Phi) is 5.14. The molecule has 0 aliphatic carbocycles. The summed E-state index contributed by atoms with van der Waals surface area (Å²) in [5, 5.41) is 13.2. The van der Waals surface area contributed by atoms with Gasteiger partial charge in [-0.2, -0.15) is 0 Å². The number of nitrogens with zero attached hydrogens (tertiary/aromatic N) is 1. The van der Waals surface area contributed by atoms with Gasteiger partial charge in [0.25, 0.3) is 5.69 Å². The number of non-ortho nitro benzene ring substituents is 1. The molecule has 2 aromatic rings. The summed E-state index contributed by atoms with van der Waals surface area (Å²) >= 11 is 0. The van der Waals surface area contributed by atoms with Crippen LogP contribution in [0, 0.1) is 10.1 Å². The molecule has 1 aliphatic heterocycles. The average molecular weight is 384 g/mol. The molecule has 1 amide bonds. The number of carbonyl (C=O) groups excluding carboxylic acids is 1. The summed E-state index contributed by atoms with van der Waals surface area (Å²) in [7, 11) is -0.480. The zero-order chi connectivity index (χ0) is 20.5. The molecule has 9 heteroatoms. The summed E-state index contributed by atoms with van der Waals surface area (Å²) in [6.07, 6.45) is -0.697. The van der Waals surface area contributed by atoms with Gasteiger partial charge in [-0.3, -0.25) is 15.4 Å². The van der Waals surface area contributed by atoms with Gasteiger partial charge in [-0.05, 0) is 57.4 Å². The topological polar surface area (TPSA) is 99.9 Å². The molecule has 3 rings (SSSR count). The third-order valence-electron chi connectivity index (χ3n) is 4.94. The monoisotopic (exact) mass is 384 g/mol. The first-order chi connectivity index (χ1) is 13.1. The van der Waals surface area contributed by atoms with Crippen LogP contribution in [0.25, 0.3) is 0 Å². The summed E-state index contributed by atoms with van der Waals surface area (Å²) in [6.45, 7) is 7.93. The second-order valence-electron chi connectivity index (χ2n) is 7.48. The lowest BCUT2D eigenvalue weighted by Gasteiger charge is -2.32. The number of anilines is 1. The van der Waals surface area contributed by atoms with Crippen molar-refractivity contribution in [1.29, 1.82) is 0 Å². The molecule has 0 unspecified atom stereocenters. The molecular formula is C19H21BN2O6. The first-order valence-corrected chi connectivity index (χ1v) is 8.76. The van der Waals surface area contributed by atoms with E-state index in [1.165, 1.54) is 24.3 Å². The molecule has 1 saturated heterocycles. The number of rotatable bonds is 4. The number of nitro groups is 1. The minimum absolute atomic E-state index is 0.0777. The van der Waals surface area contributed by atoms with E-state index in [0.29, 0.717) is 5.69 Å². The number of carbonyl (C=O) groups is 1. The Morgan fingerprint density at radius 2 is 1.54 bits per heavy atom. The fourth-order valence-electron chi connectivity index (χ4n) is 2.59. The van der Waals surface area contributed by atoms with Crippen molar-refractivity contribution in [3.05, 3.63) is 58.6 Å². The first kappa shape index (κ1) is 19.8.